The Hall–Kier alpha value is -0.850. The topological polar surface area (TPSA) is 53.1 Å². The molecular formula is C35H70ClN3O3. The van der Waals surface area contributed by atoms with Crippen molar-refractivity contribution in [1.82, 2.24) is 14.9 Å². The Labute approximate surface area is 267 Å². The van der Waals surface area contributed by atoms with E-state index in [1.165, 1.54) is 127 Å². The second kappa shape index (κ2) is 30.2. The molecule has 6 nitrogen and oxygen atoms in total. The van der Waals surface area contributed by atoms with Crippen LogP contribution in [0.5, 0.6) is 0 Å². The summed E-state index contributed by atoms with van der Waals surface area (Å²) in [5.74, 6) is 0.319. The summed E-state index contributed by atoms with van der Waals surface area (Å²) >= 11 is 0. The van der Waals surface area contributed by atoms with Crippen LogP contribution in [0.4, 0.5) is 0 Å². The van der Waals surface area contributed by atoms with E-state index in [0.717, 1.165) is 51.6 Å². The Kier molecular flexibility index (Phi) is 29.6. The average Bonchev–Trinajstić information content (AvgIpc) is 2.97. The van der Waals surface area contributed by atoms with Crippen molar-refractivity contribution in [1.29, 1.82) is 0 Å². The van der Waals surface area contributed by atoms with E-state index >= 15 is 0 Å². The molecule has 1 rings (SSSR count). The lowest BCUT2D eigenvalue weighted by Gasteiger charge is -2.36. The quantitative estimate of drug-likeness (QED) is 0.0478. The van der Waals surface area contributed by atoms with Crippen LogP contribution in [0, 0.1) is 0 Å². The third kappa shape index (κ3) is 23.6. The number of nitrogens with zero attached hydrogens (tertiary/aromatic N) is 3. The number of likely N-dealkylation sites (tertiary alicyclic amines) is 1. The summed E-state index contributed by atoms with van der Waals surface area (Å²) in [6, 6.07) is 0.256. The van der Waals surface area contributed by atoms with Gasteiger partial charge in [-0.2, -0.15) is 0 Å². The van der Waals surface area contributed by atoms with Gasteiger partial charge < -0.3 is 9.80 Å². The minimum absolute atomic E-state index is 0. The van der Waals surface area contributed by atoms with Gasteiger partial charge in [0, 0.05) is 25.6 Å². The maximum absolute atomic E-state index is 13.0. The minimum Gasteiger partial charge on any atom is -0.340 e. The zero-order chi connectivity index (χ0) is 29.8. The SMILES string of the molecule is CCCCCCCCCCCCCCCCCCCCCC(=O)N1CCCCC1CCON(C=O)CCCN(C)C.Cl. The molecule has 0 aromatic heterocycles. The van der Waals surface area contributed by atoms with E-state index in [1.54, 1.807) is 0 Å². The molecule has 7 heteroatoms. The first-order valence-corrected chi connectivity index (χ1v) is 17.9. The Balaban J connectivity index is 0.0000168. The van der Waals surface area contributed by atoms with Crippen LogP contribution in [0.3, 0.4) is 0 Å². The molecule has 0 aromatic carbocycles. The van der Waals surface area contributed by atoms with Gasteiger partial charge >= 0.3 is 0 Å². The Morgan fingerprint density at radius 1 is 0.738 bits per heavy atom. The zero-order valence-electron chi connectivity index (χ0n) is 28.1. The van der Waals surface area contributed by atoms with E-state index in [0.29, 0.717) is 25.5 Å². The van der Waals surface area contributed by atoms with E-state index in [4.69, 9.17) is 4.84 Å². The first kappa shape index (κ1) is 41.1. The molecule has 1 unspecified atom stereocenters. The average molecular weight is 616 g/mol. The van der Waals surface area contributed by atoms with Gasteiger partial charge in [0.05, 0.1) is 6.61 Å². The summed E-state index contributed by atoms with van der Waals surface area (Å²) in [4.78, 5) is 34.2. The summed E-state index contributed by atoms with van der Waals surface area (Å²) in [7, 11) is 4.06. The molecule has 2 amide bonds. The lowest BCUT2D eigenvalue weighted by molar-refractivity contribution is -0.175. The number of carbonyl (C=O) groups excluding carboxylic acids is 2. The standard InChI is InChI=1S/C35H69N3O3.ClH/c1-4-5-6-7-8-9-10-11-12-13-14-15-16-17-18-19-20-21-22-27-35(40)38-31-24-23-26-34(38)28-32-41-37(33-39)30-25-29-36(2)3;/h33-34H,4-32H2,1-3H3;1H. The monoisotopic (exact) mass is 616 g/mol. The highest BCUT2D eigenvalue weighted by Gasteiger charge is 2.26. The summed E-state index contributed by atoms with van der Waals surface area (Å²) in [6.07, 6.45) is 32.6. The predicted octanol–water partition coefficient (Wildman–Crippen LogP) is 9.34. The van der Waals surface area contributed by atoms with Gasteiger partial charge in [0.1, 0.15) is 0 Å². The maximum Gasteiger partial charge on any atom is 0.233 e. The number of hydroxylamine groups is 2. The molecule has 0 saturated carbocycles. The van der Waals surface area contributed by atoms with Crippen LogP contribution in [0.25, 0.3) is 0 Å². The van der Waals surface area contributed by atoms with Crippen LogP contribution in [0.1, 0.15) is 167 Å². The smallest absolute Gasteiger partial charge is 0.233 e. The third-order valence-electron chi connectivity index (χ3n) is 8.75. The number of hydrogen-bond donors (Lipinski definition) is 0. The Bertz CT molecular complexity index is 608. The van der Waals surface area contributed by atoms with Crippen LogP contribution in [-0.4, -0.2) is 73.6 Å². The van der Waals surface area contributed by atoms with E-state index < -0.39 is 0 Å². The molecule has 1 saturated heterocycles. The fourth-order valence-electron chi connectivity index (χ4n) is 6.12. The summed E-state index contributed by atoms with van der Waals surface area (Å²) in [6.45, 7) is 5.20. The van der Waals surface area contributed by atoms with Crippen molar-refractivity contribution in [2.24, 2.45) is 0 Å². The summed E-state index contributed by atoms with van der Waals surface area (Å²) in [5.41, 5.74) is 0. The number of unbranched alkanes of at least 4 members (excludes halogenated alkanes) is 18. The first-order chi connectivity index (χ1) is 20.1. The number of piperidine rings is 1. The lowest BCUT2D eigenvalue weighted by atomic mass is 9.98. The van der Waals surface area contributed by atoms with E-state index in [-0.39, 0.29) is 18.4 Å². The highest BCUT2D eigenvalue weighted by molar-refractivity contribution is 5.85. The molecule has 0 radical (unpaired) electrons. The maximum atomic E-state index is 13.0. The van der Waals surface area contributed by atoms with E-state index in [2.05, 4.69) is 16.7 Å². The van der Waals surface area contributed by atoms with Crippen molar-refractivity contribution in [2.45, 2.75) is 173 Å². The minimum atomic E-state index is 0. The van der Waals surface area contributed by atoms with Gasteiger partial charge in [0.2, 0.25) is 12.3 Å². The van der Waals surface area contributed by atoms with Gasteiger partial charge in [-0.15, -0.1) is 12.4 Å². The van der Waals surface area contributed by atoms with Gasteiger partial charge in [0.15, 0.2) is 0 Å². The van der Waals surface area contributed by atoms with Crippen molar-refractivity contribution in [2.75, 3.05) is 40.3 Å². The predicted molar refractivity (Wildman–Crippen MR) is 181 cm³/mol. The van der Waals surface area contributed by atoms with Crippen molar-refractivity contribution in [3.63, 3.8) is 0 Å². The second-order valence-electron chi connectivity index (χ2n) is 12.9. The molecule has 1 fully saturated rings. The van der Waals surface area contributed by atoms with Gasteiger partial charge in [-0.3, -0.25) is 14.4 Å². The van der Waals surface area contributed by atoms with Crippen molar-refractivity contribution in [3.8, 4) is 0 Å². The molecule has 1 heterocycles. The fourth-order valence-corrected chi connectivity index (χ4v) is 6.12. The summed E-state index contributed by atoms with van der Waals surface area (Å²) < 4.78 is 0. The van der Waals surface area contributed by atoms with Crippen molar-refractivity contribution in [3.05, 3.63) is 0 Å². The first-order valence-electron chi connectivity index (χ1n) is 17.9. The number of amides is 2. The molecular weight excluding hydrogens is 546 g/mol. The van der Waals surface area contributed by atoms with Crippen molar-refractivity contribution < 1.29 is 14.4 Å². The van der Waals surface area contributed by atoms with Gasteiger partial charge in [-0.1, -0.05) is 122 Å². The molecule has 250 valence electrons. The molecule has 0 aliphatic carbocycles. The molecule has 1 aliphatic heterocycles. The zero-order valence-corrected chi connectivity index (χ0v) is 29.0. The molecule has 0 aromatic rings. The van der Waals surface area contributed by atoms with E-state index in [1.807, 2.05) is 14.1 Å². The summed E-state index contributed by atoms with van der Waals surface area (Å²) in [5, 5.41) is 1.41. The highest BCUT2D eigenvalue weighted by Crippen LogP contribution is 2.22. The third-order valence-corrected chi connectivity index (χ3v) is 8.75. The Morgan fingerprint density at radius 3 is 1.71 bits per heavy atom. The van der Waals surface area contributed by atoms with Crippen LogP contribution in [0.2, 0.25) is 0 Å². The molecule has 0 bridgehead atoms. The number of hydrogen-bond acceptors (Lipinski definition) is 4. The second-order valence-corrected chi connectivity index (χ2v) is 12.9. The van der Waals surface area contributed by atoms with Gasteiger partial charge in [-0.05, 0) is 59.2 Å². The van der Waals surface area contributed by atoms with Crippen LogP contribution >= 0.6 is 12.4 Å². The largest absolute Gasteiger partial charge is 0.340 e. The number of rotatable bonds is 29. The number of halogens is 1. The van der Waals surface area contributed by atoms with Crippen molar-refractivity contribution >= 4 is 24.7 Å². The van der Waals surface area contributed by atoms with E-state index in [9.17, 15) is 9.59 Å². The highest BCUT2D eigenvalue weighted by atomic mass is 35.5. The lowest BCUT2D eigenvalue weighted by Crippen LogP contribution is -2.44. The Morgan fingerprint density at radius 2 is 1.24 bits per heavy atom. The van der Waals surface area contributed by atoms with Crippen LogP contribution in [0.15, 0.2) is 0 Å². The fraction of sp³-hybridized carbons (Fsp3) is 0.943. The normalized spacial score (nSPS) is 15.1. The molecule has 42 heavy (non-hydrogen) atoms. The van der Waals surface area contributed by atoms with Crippen LogP contribution < -0.4 is 0 Å². The number of carbonyl (C=O) groups is 2. The molecule has 1 atom stereocenters. The molecule has 0 N–H and O–H groups in total. The van der Waals surface area contributed by atoms with Crippen LogP contribution in [-0.2, 0) is 14.4 Å². The molecule has 1 aliphatic rings. The van der Waals surface area contributed by atoms with Gasteiger partial charge in [0.25, 0.3) is 0 Å². The van der Waals surface area contributed by atoms with Gasteiger partial charge in [-0.25, -0.2) is 5.06 Å². The molecule has 0 spiro atoms.